The van der Waals surface area contributed by atoms with Crippen molar-refractivity contribution in [1.82, 2.24) is 15.2 Å². The van der Waals surface area contributed by atoms with Crippen molar-refractivity contribution in [2.45, 2.75) is 6.54 Å². The summed E-state index contributed by atoms with van der Waals surface area (Å²) in [6, 6.07) is 6.66. The maximum absolute atomic E-state index is 12.0. The van der Waals surface area contributed by atoms with Crippen LogP contribution < -0.4 is 38.7 Å². The minimum atomic E-state index is -3.53. The number of nitrogens with zero attached hydrogens (tertiary/aromatic N) is 3. The zero-order valence-electron chi connectivity index (χ0n) is 17.6. The van der Waals surface area contributed by atoms with Gasteiger partial charge in [-0.05, 0) is 17.5 Å². The number of aliphatic imine (C=N–C) groups is 1. The molecule has 0 spiro atoms. The van der Waals surface area contributed by atoms with Crippen molar-refractivity contribution in [3.63, 3.8) is 0 Å². The van der Waals surface area contributed by atoms with Gasteiger partial charge in [-0.3, -0.25) is 20.4 Å². The number of pyridine rings is 1. The molecule has 0 saturated carbocycles. The van der Waals surface area contributed by atoms with Gasteiger partial charge in [0.15, 0.2) is 18.4 Å². The van der Waals surface area contributed by atoms with Crippen LogP contribution >= 0.6 is 11.3 Å². The van der Waals surface area contributed by atoms with Crippen LogP contribution in [0.5, 0.6) is 0 Å². The van der Waals surface area contributed by atoms with E-state index in [2.05, 4.69) is 10.4 Å². The Labute approximate surface area is 196 Å². The molecule has 2 aromatic rings. The van der Waals surface area contributed by atoms with E-state index in [9.17, 15) is 18.0 Å². The molecule has 12 nitrogen and oxygen atoms in total. The molecule has 0 aliphatic heterocycles. The minimum absolute atomic E-state index is 0. The van der Waals surface area contributed by atoms with Crippen molar-refractivity contribution in [2.75, 3.05) is 20.4 Å². The third-order valence-electron chi connectivity index (χ3n) is 3.25. The van der Waals surface area contributed by atoms with Gasteiger partial charge in [0.25, 0.3) is 5.91 Å². The molecule has 0 aliphatic carbocycles. The van der Waals surface area contributed by atoms with Gasteiger partial charge in [-0.25, -0.2) is 8.42 Å². The summed E-state index contributed by atoms with van der Waals surface area (Å²) >= 11 is 1.35. The molecule has 0 atom stereocenters. The highest BCUT2D eigenvalue weighted by Crippen LogP contribution is 2.09. The molecule has 176 valence electrons. The number of thiophene rings is 1. The molecule has 0 radical (unpaired) electrons. The molecule has 1 amide bonds. The standard InChI is InChI=1S/C13H13N3O4S2.C4H11N5.ClH/c1-22(19,20)15-14-13(18)10-4-2-6-16(8-10)9-11(17)12-5-3-7-21-12;1-9(2)4(7)8-3(5)6;/h2-8,15H,9H2,1H3;1-2H3,(H5,5,6,7,8);1H. The largest absolute Gasteiger partial charge is 1.00 e. The maximum atomic E-state index is 12.0. The molecule has 32 heavy (non-hydrogen) atoms. The molecule has 0 unspecified atom stereocenters. The lowest BCUT2D eigenvalue weighted by Gasteiger charge is -2.07. The van der Waals surface area contributed by atoms with Crippen molar-refractivity contribution < 1.29 is 35.0 Å². The van der Waals surface area contributed by atoms with Gasteiger partial charge in [0.2, 0.25) is 28.3 Å². The molecule has 2 heterocycles. The van der Waals surface area contributed by atoms with E-state index in [0.29, 0.717) is 4.88 Å². The summed E-state index contributed by atoms with van der Waals surface area (Å²) in [6.07, 6.45) is 4.06. The molecule has 2 rings (SSSR count). The summed E-state index contributed by atoms with van der Waals surface area (Å²) in [4.78, 5) is 31.3. The molecular formula is C17H25ClN8O4S2. The van der Waals surface area contributed by atoms with E-state index in [1.54, 1.807) is 43.1 Å². The SMILES string of the molecule is CN(C)C(=N)N=C(N)N.CS(=O)(=O)NNC(=O)c1ccc[n+](CC(=O)c2cccs2)c1.[Cl-]. The summed E-state index contributed by atoms with van der Waals surface area (Å²) in [5.74, 6) is -0.709. The van der Waals surface area contributed by atoms with Gasteiger partial charge in [-0.15, -0.1) is 16.2 Å². The quantitative estimate of drug-likeness (QED) is 0.0867. The van der Waals surface area contributed by atoms with Crippen LogP contribution in [0.3, 0.4) is 0 Å². The van der Waals surface area contributed by atoms with E-state index in [1.807, 2.05) is 10.2 Å². The lowest BCUT2D eigenvalue weighted by Crippen LogP contribution is -3.00. The highest BCUT2D eigenvalue weighted by Gasteiger charge is 2.16. The lowest BCUT2D eigenvalue weighted by atomic mass is 10.2. The number of sulfonamides is 1. The number of hydrogen-bond donors (Lipinski definition) is 5. The number of Topliss-reactive ketones (excluding diaryl/α,β-unsaturated/α-hetero) is 1. The van der Waals surface area contributed by atoms with Crippen LogP contribution in [0.4, 0.5) is 0 Å². The summed E-state index contributed by atoms with van der Waals surface area (Å²) in [7, 11) is -0.149. The number of carbonyl (C=O) groups excluding carboxylic acids is 2. The first kappa shape index (κ1) is 28.9. The fraction of sp³-hybridized carbons (Fsp3) is 0.235. The molecule has 7 N–H and O–H groups in total. The Bertz CT molecular complexity index is 1050. The normalized spacial score (nSPS) is 9.97. The number of amides is 1. The van der Waals surface area contributed by atoms with Gasteiger partial charge in [0.05, 0.1) is 11.1 Å². The fourth-order valence-corrected chi connectivity index (χ4v) is 2.80. The van der Waals surface area contributed by atoms with Crippen LogP contribution in [0.2, 0.25) is 0 Å². The van der Waals surface area contributed by atoms with Gasteiger partial charge in [0.1, 0.15) is 5.56 Å². The number of rotatable bonds is 6. The Morgan fingerprint density at radius 1 is 1.25 bits per heavy atom. The van der Waals surface area contributed by atoms with E-state index in [0.717, 1.165) is 6.26 Å². The van der Waals surface area contributed by atoms with Gasteiger partial charge in [-0.2, -0.15) is 9.56 Å². The first-order chi connectivity index (χ1) is 14.4. The van der Waals surface area contributed by atoms with Crippen molar-refractivity contribution >= 4 is 45.0 Å². The Morgan fingerprint density at radius 3 is 2.38 bits per heavy atom. The molecule has 2 aromatic heterocycles. The highest BCUT2D eigenvalue weighted by atomic mass is 35.5. The second kappa shape index (κ2) is 13.4. The van der Waals surface area contributed by atoms with Gasteiger partial charge in [0, 0.05) is 20.2 Å². The molecule has 15 heteroatoms. The van der Waals surface area contributed by atoms with Crippen molar-refractivity contribution in [2.24, 2.45) is 16.5 Å². The minimum Gasteiger partial charge on any atom is -1.00 e. The first-order valence-electron chi connectivity index (χ1n) is 8.57. The predicted molar refractivity (Wildman–Crippen MR) is 118 cm³/mol. The van der Waals surface area contributed by atoms with Crippen LogP contribution in [0, 0.1) is 5.41 Å². The van der Waals surface area contributed by atoms with E-state index in [1.165, 1.54) is 28.5 Å². The average Bonchev–Trinajstić information content (AvgIpc) is 3.20. The zero-order valence-corrected chi connectivity index (χ0v) is 20.0. The maximum Gasteiger partial charge on any atom is 0.272 e. The highest BCUT2D eigenvalue weighted by molar-refractivity contribution is 7.88. The Morgan fingerprint density at radius 2 is 1.91 bits per heavy atom. The average molecular weight is 505 g/mol. The number of ketones is 1. The Kier molecular flexibility index (Phi) is 12.1. The molecular weight excluding hydrogens is 480 g/mol. The van der Waals surface area contributed by atoms with Gasteiger partial charge < -0.3 is 28.8 Å². The van der Waals surface area contributed by atoms with E-state index >= 15 is 0 Å². The number of nitrogens with two attached hydrogens (primary N) is 2. The number of guanidine groups is 2. The number of nitrogens with one attached hydrogen (secondary N) is 3. The number of halogens is 1. The van der Waals surface area contributed by atoms with E-state index in [4.69, 9.17) is 16.9 Å². The number of aromatic nitrogens is 1. The third kappa shape index (κ3) is 11.4. The fourth-order valence-electron chi connectivity index (χ4n) is 1.87. The topological polar surface area (TPSA) is 188 Å². The summed E-state index contributed by atoms with van der Waals surface area (Å²) in [5.41, 5.74) is 12.3. The van der Waals surface area contributed by atoms with Crippen molar-refractivity contribution in [3.8, 4) is 0 Å². The monoisotopic (exact) mass is 504 g/mol. The number of carbonyl (C=O) groups is 2. The third-order valence-corrected chi connectivity index (χ3v) is 4.63. The smallest absolute Gasteiger partial charge is 0.272 e. The second-order valence-electron chi connectivity index (χ2n) is 6.25. The van der Waals surface area contributed by atoms with Crippen LogP contribution in [0.15, 0.2) is 47.0 Å². The molecule has 0 aromatic carbocycles. The summed E-state index contributed by atoms with van der Waals surface area (Å²) < 4.78 is 23.4. The summed E-state index contributed by atoms with van der Waals surface area (Å²) in [6.45, 7) is 0.0984. The molecule has 0 aliphatic rings. The molecule has 0 saturated heterocycles. The van der Waals surface area contributed by atoms with Crippen molar-refractivity contribution in [1.29, 1.82) is 5.41 Å². The zero-order chi connectivity index (χ0) is 23.6. The Hall–Kier alpha value is -3.07. The second-order valence-corrected chi connectivity index (χ2v) is 8.94. The van der Waals surface area contributed by atoms with E-state index < -0.39 is 15.9 Å². The van der Waals surface area contributed by atoms with Crippen LogP contribution in [0.1, 0.15) is 20.0 Å². The number of hydrogen-bond acceptors (Lipinski definition) is 6. The van der Waals surface area contributed by atoms with Crippen LogP contribution in [-0.2, 0) is 16.6 Å². The predicted octanol–water partition coefficient (Wildman–Crippen LogP) is -4.13. The van der Waals surface area contributed by atoms with Gasteiger partial charge in [-0.1, -0.05) is 6.07 Å². The molecule has 0 bridgehead atoms. The van der Waals surface area contributed by atoms with Crippen LogP contribution in [0.25, 0.3) is 0 Å². The Balaban J connectivity index is 0.000000821. The van der Waals surface area contributed by atoms with Crippen LogP contribution in [-0.4, -0.2) is 57.3 Å². The number of hydrazine groups is 1. The van der Waals surface area contributed by atoms with Crippen molar-refractivity contribution in [3.05, 3.63) is 52.5 Å². The lowest BCUT2D eigenvalue weighted by molar-refractivity contribution is -0.683. The first-order valence-corrected chi connectivity index (χ1v) is 11.3. The van der Waals surface area contributed by atoms with Gasteiger partial charge >= 0.3 is 0 Å². The molecule has 0 fully saturated rings. The van der Waals surface area contributed by atoms with E-state index in [-0.39, 0.29) is 42.2 Å². The summed E-state index contributed by atoms with van der Waals surface area (Å²) in [5, 5.41) is 8.87.